The fourth-order valence-corrected chi connectivity index (χ4v) is 1.72. The van der Waals surface area contributed by atoms with Crippen molar-refractivity contribution >= 4 is 17.2 Å². The van der Waals surface area contributed by atoms with Crippen molar-refractivity contribution in [2.75, 3.05) is 12.0 Å². The summed E-state index contributed by atoms with van der Waals surface area (Å²) < 4.78 is 5.65. The first-order valence-electron chi connectivity index (χ1n) is 6.84. The number of nitrogens with one attached hydrogen (secondary N) is 1. The number of rotatable bonds is 6. The molecule has 7 heteroatoms. The Hall–Kier alpha value is -2.25. The summed E-state index contributed by atoms with van der Waals surface area (Å²) in [5.74, 6) is -1.04. The van der Waals surface area contributed by atoms with E-state index in [-0.39, 0.29) is 0 Å². The summed E-state index contributed by atoms with van der Waals surface area (Å²) in [5, 5.41) is 4.25. The van der Waals surface area contributed by atoms with Crippen LogP contribution in [0.5, 0.6) is 0 Å². The van der Waals surface area contributed by atoms with Gasteiger partial charge in [0.05, 0.1) is 18.5 Å². The molecule has 0 saturated carbocycles. The molecule has 1 aliphatic heterocycles. The Bertz CT molecular complexity index is 554. The first-order chi connectivity index (χ1) is 10.1. The second-order valence-electron chi connectivity index (χ2n) is 4.62. The molecule has 21 heavy (non-hydrogen) atoms. The number of ether oxygens (including phenoxy) is 1. The van der Waals surface area contributed by atoms with Crippen LogP contribution in [-0.4, -0.2) is 29.0 Å². The van der Waals surface area contributed by atoms with Crippen molar-refractivity contribution in [2.45, 2.75) is 25.6 Å². The van der Waals surface area contributed by atoms with E-state index in [1.54, 1.807) is 24.5 Å². The van der Waals surface area contributed by atoms with Crippen LogP contribution in [0.2, 0.25) is 0 Å². The van der Waals surface area contributed by atoms with E-state index in [1.165, 1.54) is 0 Å². The number of anilines is 1. The number of aromatic nitrogens is 1. The Labute approximate surface area is 123 Å². The van der Waals surface area contributed by atoms with Crippen molar-refractivity contribution in [3.63, 3.8) is 0 Å². The predicted molar refractivity (Wildman–Crippen MR) is 83.8 cm³/mol. The van der Waals surface area contributed by atoms with Gasteiger partial charge in [-0.1, -0.05) is 13.3 Å². The number of nitrogens with zero attached hydrogens (tertiary/aromatic N) is 3. The number of dihydropyridines is 1. The average Bonchev–Trinajstić information content (AvgIpc) is 2.47. The SMILES string of the molecule is CCCCOC1(N)N=C(N)C=CC1=NNc1cccnc1. The van der Waals surface area contributed by atoms with Crippen LogP contribution in [0.1, 0.15) is 19.8 Å². The summed E-state index contributed by atoms with van der Waals surface area (Å²) in [4.78, 5) is 8.15. The van der Waals surface area contributed by atoms with Gasteiger partial charge in [-0.2, -0.15) is 5.10 Å². The van der Waals surface area contributed by atoms with E-state index < -0.39 is 5.85 Å². The quantitative estimate of drug-likeness (QED) is 0.414. The van der Waals surface area contributed by atoms with Gasteiger partial charge in [0.15, 0.2) is 0 Å². The third-order valence-electron chi connectivity index (χ3n) is 2.86. The maximum atomic E-state index is 6.17. The van der Waals surface area contributed by atoms with E-state index in [0.717, 1.165) is 18.5 Å². The minimum Gasteiger partial charge on any atom is -0.384 e. The van der Waals surface area contributed by atoms with E-state index in [2.05, 4.69) is 27.4 Å². The smallest absolute Gasteiger partial charge is 0.261 e. The number of pyridine rings is 1. The molecule has 0 bridgehead atoms. The molecular weight excluding hydrogens is 268 g/mol. The zero-order valence-corrected chi connectivity index (χ0v) is 12.0. The van der Waals surface area contributed by atoms with Gasteiger partial charge >= 0.3 is 0 Å². The summed E-state index contributed by atoms with van der Waals surface area (Å²) in [6, 6.07) is 3.65. The van der Waals surface area contributed by atoms with Crippen molar-refractivity contribution in [1.29, 1.82) is 0 Å². The molecule has 5 N–H and O–H groups in total. The number of hydrazone groups is 1. The Kier molecular flexibility index (Phi) is 5.02. The van der Waals surface area contributed by atoms with Crippen LogP contribution in [0.25, 0.3) is 0 Å². The summed E-state index contributed by atoms with van der Waals surface area (Å²) in [5.41, 5.74) is 16.0. The number of aliphatic imine (C=N–C) groups is 1. The number of hydrogen-bond acceptors (Lipinski definition) is 7. The second-order valence-corrected chi connectivity index (χ2v) is 4.62. The molecule has 1 aliphatic rings. The minimum atomic E-state index is -1.36. The molecule has 112 valence electrons. The van der Waals surface area contributed by atoms with Crippen LogP contribution in [0.15, 0.2) is 46.8 Å². The van der Waals surface area contributed by atoms with Crippen molar-refractivity contribution in [2.24, 2.45) is 21.6 Å². The number of nitrogens with two attached hydrogens (primary N) is 2. The van der Waals surface area contributed by atoms with Gasteiger partial charge in [0.1, 0.15) is 11.5 Å². The molecule has 0 saturated heterocycles. The highest BCUT2D eigenvalue weighted by molar-refractivity contribution is 6.10. The molecule has 1 aromatic rings. The van der Waals surface area contributed by atoms with Gasteiger partial charge in [-0.05, 0) is 30.7 Å². The molecule has 1 unspecified atom stereocenters. The van der Waals surface area contributed by atoms with Gasteiger partial charge in [0, 0.05) is 6.20 Å². The van der Waals surface area contributed by atoms with E-state index in [1.807, 2.05) is 12.1 Å². The molecule has 0 radical (unpaired) electrons. The van der Waals surface area contributed by atoms with Crippen LogP contribution in [0, 0.1) is 0 Å². The van der Waals surface area contributed by atoms with Gasteiger partial charge in [-0.25, -0.2) is 4.99 Å². The van der Waals surface area contributed by atoms with Crippen LogP contribution in [0.4, 0.5) is 5.69 Å². The van der Waals surface area contributed by atoms with E-state index in [0.29, 0.717) is 18.2 Å². The zero-order valence-electron chi connectivity index (χ0n) is 12.0. The van der Waals surface area contributed by atoms with Gasteiger partial charge in [0.25, 0.3) is 5.85 Å². The maximum Gasteiger partial charge on any atom is 0.261 e. The highest BCUT2D eigenvalue weighted by Crippen LogP contribution is 2.15. The number of hydrogen-bond donors (Lipinski definition) is 3. The van der Waals surface area contributed by atoms with Crippen molar-refractivity contribution < 1.29 is 4.74 Å². The summed E-state index contributed by atoms with van der Waals surface area (Å²) in [6.45, 7) is 2.56. The van der Waals surface area contributed by atoms with Crippen LogP contribution < -0.4 is 16.9 Å². The summed E-state index contributed by atoms with van der Waals surface area (Å²) in [7, 11) is 0. The van der Waals surface area contributed by atoms with Crippen LogP contribution in [-0.2, 0) is 4.74 Å². The fourth-order valence-electron chi connectivity index (χ4n) is 1.72. The van der Waals surface area contributed by atoms with E-state index >= 15 is 0 Å². The van der Waals surface area contributed by atoms with Crippen molar-refractivity contribution in [3.8, 4) is 0 Å². The normalized spacial score (nSPS) is 23.1. The summed E-state index contributed by atoms with van der Waals surface area (Å²) in [6.07, 6.45) is 8.57. The van der Waals surface area contributed by atoms with Crippen LogP contribution in [0.3, 0.4) is 0 Å². The second kappa shape index (κ2) is 6.96. The van der Waals surface area contributed by atoms with Gasteiger partial charge in [-0.15, -0.1) is 0 Å². The molecule has 0 spiro atoms. The third kappa shape index (κ3) is 4.11. The van der Waals surface area contributed by atoms with Gasteiger partial charge in [-0.3, -0.25) is 16.1 Å². The predicted octanol–water partition coefficient (Wildman–Crippen LogP) is 1.21. The maximum absolute atomic E-state index is 6.17. The molecule has 1 atom stereocenters. The molecule has 1 aromatic heterocycles. The highest BCUT2D eigenvalue weighted by Gasteiger charge is 2.33. The van der Waals surface area contributed by atoms with Gasteiger partial charge < -0.3 is 10.5 Å². The Morgan fingerprint density at radius 1 is 1.43 bits per heavy atom. The average molecular weight is 288 g/mol. The largest absolute Gasteiger partial charge is 0.384 e. The molecule has 2 rings (SSSR count). The summed E-state index contributed by atoms with van der Waals surface area (Å²) >= 11 is 0. The van der Waals surface area contributed by atoms with Crippen molar-refractivity contribution in [3.05, 3.63) is 36.7 Å². The number of amidine groups is 1. The Balaban J connectivity index is 2.13. The van der Waals surface area contributed by atoms with E-state index in [9.17, 15) is 0 Å². The highest BCUT2D eigenvalue weighted by atomic mass is 16.5. The molecule has 2 heterocycles. The lowest BCUT2D eigenvalue weighted by Crippen LogP contribution is -2.51. The molecule has 0 aliphatic carbocycles. The zero-order chi connectivity index (χ0) is 15.1. The fraction of sp³-hybridized carbons (Fsp3) is 0.357. The standard InChI is InChI=1S/C14H20N6O/c1-2-3-9-21-14(16)12(6-7-13(15)18-14)20-19-11-5-4-8-17-10-11/h4-8,10,19H,2-3,9,16H2,1H3,(H2,15,18). The van der Waals surface area contributed by atoms with Gasteiger partial charge in [0.2, 0.25) is 0 Å². The lowest BCUT2D eigenvalue weighted by molar-refractivity contribution is 0.0171. The van der Waals surface area contributed by atoms with Crippen LogP contribution >= 0.6 is 0 Å². The monoisotopic (exact) mass is 288 g/mol. The molecule has 7 nitrogen and oxygen atoms in total. The molecule has 0 amide bonds. The first-order valence-corrected chi connectivity index (χ1v) is 6.84. The molecular formula is C14H20N6O. The van der Waals surface area contributed by atoms with Crippen molar-refractivity contribution in [1.82, 2.24) is 4.98 Å². The Morgan fingerprint density at radius 3 is 3.00 bits per heavy atom. The lowest BCUT2D eigenvalue weighted by Gasteiger charge is -2.27. The minimum absolute atomic E-state index is 0.314. The molecule has 0 aromatic carbocycles. The topological polar surface area (TPSA) is 111 Å². The first kappa shape index (κ1) is 15.1. The third-order valence-corrected chi connectivity index (χ3v) is 2.86. The molecule has 0 fully saturated rings. The number of unbranched alkanes of at least 4 members (excludes halogenated alkanes) is 1. The Morgan fingerprint density at radius 2 is 2.29 bits per heavy atom. The lowest BCUT2D eigenvalue weighted by atomic mass is 10.2. The van der Waals surface area contributed by atoms with E-state index in [4.69, 9.17) is 16.2 Å².